The maximum absolute atomic E-state index is 12.7. The molecular formula is C28H20Cl3N3O3S. The Morgan fingerprint density at radius 1 is 0.895 bits per heavy atom. The van der Waals surface area contributed by atoms with Gasteiger partial charge in [0, 0.05) is 11.3 Å². The molecule has 38 heavy (non-hydrogen) atoms. The SMILES string of the molecule is CC(C)c1ccc2oc(-c3cc(NC(=S)NC(=O)c4ccc(-c5ccc(Cl)c(Cl)c5)o4)ccc3Cl)nc2c1. The second-order valence-corrected chi connectivity index (χ2v) is 10.4. The predicted molar refractivity (Wildman–Crippen MR) is 156 cm³/mol. The van der Waals surface area contributed by atoms with Crippen molar-refractivity contribution in [3.05, 3.63) is 93.1 Å². The summed E-state index contributed by atoms with van der Waals surface area (Å²) >= 11 is 23.8. The fourth-order valence-corrected chi connectivity index (χ4v) is 4.48. The van der Waals surface area contributed by atoms with Crippen molar-refractivity contribution in [1.82, 2.24) is 10.3 Å². The first-order chi connectivity index (χ1) is 18.2. The molecule has 0 unspecified atom stereocenters. The average molecular weight is 585 g/mol. The molecule has 0 spiro atoms. The lowest BCUT2D eigenvalue weighted by atomic mass is 10.0. The van der Waals surface area contributed by atoms with Crippen molar-refractivity contribution in [3.8, 4) is 22.8 Å². The number of fused-ring (bicyclic) bond motifs is 1. The highest BCUT2D eigenvalue weighted by Crippen LogP contribution is 2.33. The van der Waals surface area contributed by atoms with Crippen molar-refractivity contribution < 1.29 is 13.6 Å². The van der Waals surface area contributed by atoms with E-state index in [1.54, 1.807) is 48.5 Å². The molecule has 0 atom stereocenters. The summed E-state index contributed by atoms with van der Waals surface area (Å²) < 4.78 is 11.6. The summed E-state index contributed by atoms with van der Waals surface area (Å²) in [5, 5.41) is 6.96. The number of amides is 1. The van der Waals surface area contributed by atoms with Crippen molar-refractivity contribution in [2.24, 2.45) is 0 Å². The first kappa shape index (κ1) is 26.3. The summed E-state index contributed by atoms with van der Waals surface area (Å²) in [6.07, 6.45) is 0. The lowest BCUT2D eigenvalue weighted by Crippen LogP contribution is -2.33. The van der Waals surface area contributed by atoms with Crippen molar-refractivity contribution in [1.29, 1.82) is 0 Å². The molecule has 2 aromatic heterocycles. The molecule has 0 bridgehead atoms. The molecule has 6 nitrogen and oxygen atoms in total. The van der Waals surface area contributed by atoms with Gasteiger partial charge in [0.25, 0.3) is 5.91 Å². The van der Waals surface area contributed by atoms with E-state index in [1.165, 1.54) is 5.56 Å². The summed E-state index contributed by atoms with van der Waals surface area (Å²) in [4.78, 5) is 17.3. The third-order valence-electron chi connectivity index (χ3n) is 5.79. The number of furan rings is 1. The van der Waals surface area contributed by atoms with Crippen LogP contribution in [-0.2, 0) is 0 Å². The zero-order chi connectivity index (χ0) is 27.0. The molecule has 0 saturated carbocycles. The van der Waals surface area contributed by atoms with Crippen LogP contribution in [0.4, 0.5) is 5.69 Å². The number of thiocarbonyl (C=S) groups is 1. The van der Waals surface area contributed by atoms with Crippen LogP contribution >= 0.6 is 47.0 Å². The van der Waals surface area contributed by atoms with Gasteiger partial charge in [-0.25, -0.2) is 4.98 Å². The van der Waals surface area contributed by atoms with E-state index in [0.717, 1.165) is 5.52 Å². The van der Waals surface area contributed by atoms with Gasteiger partial charge in [-0.05, 0) is 84.4 Å². The van der Waals surface area contributed by atoms with Crippen LogP contribution in [0.1, 0.15) is 35.9 Å². The van der Waals surface area contributed by atoms with Crippen molar-refractivity contribution in [3.63, 3.8) is 0 Å². The maximum atomic E-state index is 12.7. The molecule has 5 rings (SSSR count). The molecule has 192 valence electrons. The number of rotatable bonds is 5. The van der Waals surface area contributed by atoms with Gasteiger partial charge in [-0.15, -0.1) is 0 Å². The molecule has 3 aromatic carbocycles. The first-order valence-corrected chi connectivity index (χ1v) is 13.1. The number of nitrogens with zero attached hydrogens (tertiary/aromatic N) is 1. The third-order valence-corrected chi connectivity index (χ3v) is 7.07. The Kier molecular flexibility index (Phi) is 7.45. The lowest BCUT2D eigenvalue weighted by Gasteiger charge is -2.10. The topological polar surface area (TPSA) is 80.3 Å². The van der Waals surface area contributed by atoms with Crippen LogP contribution in [-0.4, -0.2) is 16.0 Å². The first-order valence-electron chi connectivity index (χ1n) is 11.6. The van der Waals surface area contributed by atoms with Crippen LogP contribution < -0.4 is 10.6 Å². The van der Waals surface area contributed by atoms with Crippen molar-refractivity contribution in [2.75, 3.05) is 5.32 Å². The standard InChI is InChI=1S/C28H20Cl3N3O3S/c1-14(2)15-4-8-24-22(12-15)33-27(37-24)18-13-17(5-7-19(18)29)32-28(38)34-26(35)25-10-9-23(36-25)16-3-6-20(30)21(31)11-16/h3-14H,1-2H3,(H2,32,34,35,38). The minimum absolute atomic E-state index is 0.0786. The van der Waals surface area contributed by atoms with E-state index in [0.29, 0.717) is 55.0 Å². The normalized spacial score (nSPS) is 11.2. The summed E-state index contributed by atoms with van der Waals surface area (Å²) in [5.74, 6) is 0.793. The Morgan fingerprint density at radius 2 is 1.68 bits per heavy atom. The van der Waals surface area contributed by atoms with Gasteiger partial charge in [0.05, 0.1) is 20.6 Å². The molecular weight excluding hydrogens is 565 g/mol. The molecule has 10 heteroatoms. The number of carbonyl (C=O) groups excluding carboxylic acids is 1. The highest BCUT2D eigenvalue weighted by Gasteiger charge is 2.17. The molecule has 2 heterocycles. The van der Waals surface area contributed by atoms with E-state index in [1.807, 2.05) is 18.2 Å². The minimum Gasteiger partial charge on any atom is -0.451 e. The number of halogens is 3. The fourth-order valence-electron chi connectivity index (χ4n) is 3.78. The van der Waals surface area contributed by atoms with Gasteiger partial charge < -0.3 is 14.2 Å². The van der Waals surface area contributed by atoms with Crippen LogP contribution in [0.15, 0.2) is 75.6 Å². The number of oxazole rings is 1. The predicted octanol–water partition coefficient (Wildman–Crippen LogP) is 8.97. The van der Waals surface area contributed by atoms with Gasteiger partial charge >= 0.3 is 0 Å². The largest absolute Gasteiger partial charge is 0.451 e. The maximum Gasteiger partial charge on any atom is 0.293 e. The Balaban J connectivity index is 1.29. The van der Waals surface area contributed by atoms with Gasteiger partial charge in [-0.2, -0.15) is 0 Å². The van der Waals surface area contributed by atoms with Gasteiger partial charge in [-0.1, -0.05) is 54.7 Å². The smallest absolute Gasteiger partial charge is 0.293 e. The number of benzene rings is 3. The van der Waals surface area contributed by atoms with Crippen LogP contribution in [0, 0.1) is 0 Å². The number of carbonyl (C=O) groups is 1. The molecule has 0 saturated heterocycles. The summed E-state index contributed by atoms with van der Waals surface area (Å²) in [6.45, 7) is 4.24. The summed E-state index contributed by atoms with van der Waals surface area (Å²) in [5.41, 5.74) is 4.46. The summed E-state index contributed by atoms with van der Waals surface area (Å²) in [7, 11) is 0. The highest BCUT2D eigenvalue weighted by atomic mass is 35.5. The molecule has 1 amide bonds. The molecule has 0 aliphatic carbocycles. The Labute approximate surface area is 238 Å². The second kappa shape index (κ2) is 10.8. The van der Waals surface area contributed by atoms with Crippen LogP contribution in [0.25, 0.3) is 33.9 Å². The summed E-state index contributed by atoms with van der Waals surface area (Å²) in [6, 6.07) is 19.4. The fraction of sp³-hybridized carbons (Fsp3) is 0.107. The molecule has 0 aliphatic rings. The van der Waals surface area contributed by atoms with Crippen LogP contribution in [0.3, 0.4) is 0 Å². The van der Waals surface area contributed by atoms with E-state index in [4.69, 9.17) is 55.9 Å². The lowest BCUT2D eigenvalue weighted by molar-refractivity contribution is 0.0951. The van der Waals surface area contributed by atoms with Gasteiger partial charge in [0.2, 0.25) is 5.89 Å². The van der Waals surface area contributed by atoms with E-state index >= 15 is 0 Å². The third kappa shape index (κ3) is 5.56. The Morgan fingerprint density at radius 3 is 2.45 bits per heavy atom. The van der Waals surface area contributed by atoms with E-state index in [2.05, 4.69) is 29.5 Å². The quantitative estimate of drug-likeness (QED) is 0.201. The average Bonchev–Trinajstić information content (AvgIpc) is 3.54. The molecule has 2 N–H and O–H groups in total. The van der Waals surface area contributed by atoms with Crippen molar-refractivity contribution >= 4 is 74.8 Å². The van der Waals surface area contributed by atoms with E-state index < -0.39 is 5.91 Å². The molecule has 5 aromatic rings. The van der Waals surface area contributed by atoms with E-state index in [-0.39, 0.29) is 10.9 Å². The van der Waals surface area contributed by atoms with Gasteiger partial charge in [-0.3, -0.25) is 10.1 Å². The number of nitrogens with one attached hydrogen (secondary N) is 2. The Bertz CT molecular complexity index is 1690. The number of hydrogen-bond acceptors (Lipinski definition) is 5. The highest BCUT2D eigenvalue weighted by molar-refractivity contribution is 7.80. The molecule has 0 fully saturated rings. The van der Waals surface area contributed by atoms with E-state index in [9.17, 15) is 4.79 Å². The zero-order valence-corrected chi connectivity index (χ0v) is 23.2. The number of anilines is 1. The van der Waals surface area contributed by atoms with Crippen LogP contribution in [0.5, 0.6) is 0 Å². The van der Waals surface area contributed by atoms with Crippen LogP contribution in [0.2, 0.25) is 15.1 Å². The number of hydrogen-bond donors (Lipinski definition) is 2. The van der Waals surface area contributed by atoms with Crippen molar-refractivity contribution in [2.45, 2.75) is 19.8 Å². The molecule has 0 aliphatic heterocycles. The second-order valence-electron chi connectivity index (χ2n) is 8.80. The monoisotopic (exact) mass is 583 g/mol. The minimum atomic E-state index is -0.511. The van der Waals surface area contributed by atoms with Gasteiger partial charge in [0.15, 0.2) is 16.5 Å². The Hall–Kier alpha value is -3.36. The van der Waals surface area contributed by atoms with Gasteiger partial charge in [0.1, 0.15) is 11.3 Å². The number of aromatic nitrogens is 1. The molecule has 0 radical (unpaired) electrons. The zero-order valence-electron chi connectivity index (χ0n) is 20.1.